The Labute approximate surface area is 146 Å². The molecule has 132 valence electrons. The van der Waals surface area contributed by atoms with Crippen LogP contribution < -0.4 is 5.32 Å². The minimum Gasteiger partial charge on any atom is -0.463 e. The number of aromatic nitrogens is 1. The summed E-state index contributed by atoms with van der Waals surface area (Å²) in [6, 6.07) is 7.15. The molecule has 25 heavy (non-hydrogen) atoms. The first-order valence-corrected chi connectivity index (χ1v) is 8.43. The number of hydrogen-bond acceptors (Lipinski definition) is 4. The summed E-state index contributed by atoms with van der Waals surface area (Å²) in [5.74, 6) is 0.629. The van der Waals surface area contributed by atoms with Crippen molar-refractivity contribution in [3.63, 3.8) is 0 Å². The quantitative estimate of drug-likeness (QED) is 0.927. The number of piperazine rings is 1. The molecule has 0 aromatic carbocycles. The minimum atomic E-state index is -0.0738. The zero-order valence-corrected chi connectivity index (χ0v) is 14.5. The van der Waals surface area contributed by atoms with Crippen LogP contribution in [0.5, 0.6) is 0 Å². The third-order valence-corrected chi connectivity index (χ3v) is 4.27. The van der Waals surface area contributed by atoms with E-state index in [0.717, 1.165) is 0 Å². The second-order valence-electron chi connectivity index (χ2n) is 5.92. The summed E-state index contributed by atoms with van der Waals surface area (Å²) in [5, 5.41) is 2.78. The zero-order chi connectivity index (χ0) is 17.8. The van der Waals surface area contributed by atoms with Crippen LogP contribution in [0.1, 0.15) is 23.0 Å². The number of nitrogens with one attached hydrogen (secondary N) is 1. The predicted molar refractivity (Wildman–Crippen MR) is 93.2 cm³/mol. The van der Waals surface area contributed by atoms with Gasteiger partial charge in [-0.1, -0.05) is 0 Å². The van der Waals surface area contributed by atoms with E-state index in [2.05, 4.69) is 10.3 Å². The highest BCUT2D eigenvalue weighted by atomic mass is 16.3. The zero-order valence-electron chi connectivity index (χ0n) is 14.5. The SMILES string of the molecule is CCNC(=O)N1CCN(C(=O)c2ccc(-c3ccco3)nc2C)CC1. The van der Waals surface area contributed by atoms with E-state index >= 15 is 0 Å². The van der Waals surface area contributed by atoms with Crippen LogP contribution in [-0.2, 0) is 0 Å². The van der Waals surface area contributed by atoms with Crippen molar-refractivity contribution in [2.24, 2.45) is 0 Å². The van der Waals surface area contributed by atoms with Crippen molar-refractivity contribution in [3.05, 3.63) is 41.8 Å². The van der Waals surface area contributed by atoms with Crippen molar-refractivity contribution >= 4 is 11.9 Å². The topological polar surface area (TPSA) is 78.7 Å². The van der Waals surface area contributed by atoms with Crippen molar-refractivity contribution in [3.8, 4) is 11.5 Å². The average Bonchev–Trinajstić information content (AvgIpc) is 3.16. The van der Waals surface area contributed by atoms with E-state index in [1.165, 1.54) is 0 Å². The van der Waals surface area contributed by atoms with Crippen LogP contribution >= 0.6 is 0 Å². The molecule has 1 fully saturated rings. The van der Waals surface area contributed by atoms with Crippen molar-refractivity contribution in [2.45, 2.75) is 13.8 Å². The number of aryl methyl sites for hydroxylation is 1. The molecule has 3 amide bonds. The van der Waals surface area contributed by atoms with Crippen LogP contribution in [0.25, 0.3) is 11.5 Å². The second kappa shape index (κ2) is 7.38. The second-order valence-corrected chi connectivity index (χ2v) is 5.92. The predicted octanol–water partition coefficient (Wildman–Crippen LogP) is 2.14. The van der Waals surface area contributed by atoms with Crippen LogP contribution in [0.4, 0.5) is 4.79 Å². The summed E-state index contributed by atoms with van der Waals surface area (Å²) in [6.45, 7) is 6.43. The van der Waals surface area contributed by atoms with Gasteiger partial charge in [-0.3, -0.25) is 4.79 Å². The first-order chi connectivity index (χ1) is 12.1. The first kappa shape index (κ1) is 17.0. The van der Waals surface area contributed by atoms with E-state index < -0.39 is 0 Å². The fourth-order valence-electron chi connectivity index (χ4n) is 2.89. The molecule has 3 heterocycles. The highest BCUT2D eigenvalue weighted by Crippen LogP contribution is 2.20. The lowest BCUT2D eigenvalue weighted by Gasteiger charge is -2.34. The molecular weight excluding hydrogens is 320 g/mol. The summed E-state index contributed by atoms with van der Waals surface area (Å²) >= 11 is 0. The van der Waals surface area contributed by atoms with Gasteiger partial charge in [0.05, 0.1) is 17.5 Å². The molecule has 1 N–H and O–H groups in total. The van der Waals surface area contributed by atoms with Crippen LogP contribution in [-0.4, -0.2) is 59.4 Å². The average molecular weight is 342 g/mol. The molecule has 0 saturated carbocycles. The molecule has 7 heteroatoms. The number of urea groups is 1. The molecule has 0 spiro atoms. The highest BCUT2D eigenvalue weighted by molar-refractivity contribution is 5.95. The number of amides is 3. The molecule has 0 atom stereocenters. The maximum absolute atomic E-state index is 12.8. The van der Waals surface area contributed by atoms with Crippen molar-refractivity contribution in [1.29, 1.82) is 0 Å². The standard InChI is InChI=1S/C18H22N4O3/c1-3-19-18(24)22-10-8-21(9-11-22)17(23)14-6-7-15(20-13(14)2)16-5-4-12-25-16/h4-7,12H,3,8-11H2,1-2H3,(H,19,24). The Morgan fingerprint density at radius 3 is 2.48 bits per heavy atom. The van der Waals surface area contributed by atoms with Gasteiger partial charge in [0.2, 0.25) is 0 Å². The number of furan rings is 1. The number of hydrogen-bond donors (Lipinski definition) is 1. The smallest absolute Gasteiger partial charge is 0.317 e. The molecule has 0 radical (unpaired) electrons. The van der Waals surface area contributed by atoms with Crippen LogP contribution in [0.2, 0.25) is 0 Å². The Morgan fingerprint density at radius 2 is 1.88 bits per heavy atom. The maximum Gasteiger partial charge on any atom is 0.317 e. The molecule has 0 bridgehead atoms. The van der Waals surface area contributed by atoms with Crippen molar-refractivity contribution in [1.82, 2.24) is 20.1 Å². The van der Waals surface area contributed by atoms with E-state index in [1.807, 2.05) is 19.9 Å². The van der Waals surface area contributed by atoms with E-state index in [4.69, 9.17) is 4.42 Å². The van der Waals surface area contributed by atoms with E-state index in [9.17, 15) is 9.59 Å². The molecule has 1 aliphatic heterocycles. The third kappa shape index (κ3) is 3.65. The minimum absolute atomic E-state index is 0.0495. The molecule has 0 aliphatic carbocycles. The molecule has 2 aromatic rings. The lowest BCUT2D eigenvalue weighted by atomic mass is 10.1. The Hall–Kier alpha value is -2.83. The van der Waals surface area contributed by atoms with Crippen molar-refractivity contribution < 1.29 is 14.0 Å². The van der Waals surface area contributed by atoms with Gasteiger partial charge in [-0.25, -0.2) is 9.78 Å². The lowest BCUT2D eigenvalue weighted by Crippen LogP contribution is -2.53. The molecule has 7 nitrogen and oxygen atoms in total. The molecule has 0 unspecified atom stereocenters. The van der Waals surface area contributed by atoms with Gasteiger partial charge < -0.3 is 19.5 Å². The number of carbonyl (C=O) groups excluding carboxylic acids is 2. The number of rotatable bonds is 3. The van der Waals surface area contributed by atoms with Crippen LogP contribution in [0, 0.1) is 6.92 Å². The lowest BCUT2D eigenvalue weighted by molar-refractivity contribution is 0.0664. The fourth-order valence-corrected chi connectivity index (χ4v) is 2.89. The maximum atomic E-state index is 12.8. The Balaban J connectivity index is 1.67. The summed E-state index contributed by atoms with van der Waals surface area (Å²) in [7, 11) is 0. The van der Waals surface area contributed by atoms with Gasteiger partial charge >= 0.3 is 6.03 Å². The molecule has 2 aromatic heterocycles. The summed E-state index contributed by atoms with van der Waals surface area (Å²) in [4.78, 5) is 32.6. The third-order valence-electron chi connectivity index (χ3n) is 4.27. The molecule has 3 rings (SSSR count). The summed E-state index contributed by atoms with van der Waals surface area (Å²) in [6.07, 6.45) is 1.60. The molecule has 1 saturated heterocycles. The molecule has 1 aliphatic rings. The Bertz CT molecular complexity index is 750. The fraction of sp³-hybridized carbons (Fsp3) is 0.389. The van der Waals surface area contributed by atoms with Gasteiger partial charge in [0.15, 0.2) is 5.76 Å². The molecular formula is C18H22N4O3. The summed E-state index contributed by atoms with van der Waals surface area (Å²) < 4.78 is 5.34. The van der Waals surface area contributed by atoms with Gasteiger partial charge in [-0.2, -0.15) is 0 Å². The highest BCUT2D eigenvalue weighted by Gasteiger charge is 2.25. The Kier molecular flexibility index (Phi) is 5.02. The number of carbonyl (C=O) groups is 2. The number of nitrogens with zero attached hydrogens (tertiary/aromatic N) is 3. The van der Waals surface area contributed by atoms with Gasteiger partial charge in [-0.15, -0.1) is 0 Å². The van der Waals surface area contributed by atoms with Crippen molar-refractivity contribution in [2.75, 3.05) is 32.7 Å². The largest absolute Gasteiger partial charge is 0.463 e. The van der Waals surface area contributed by atoms with Gasteiger partial charge in [-0.05, 0) is 38.1 Å². The summed E-state index contributed by atoms with van der Waals surface area (Å²) in [5.41, 5.74) is 1.96. The normalized spacial score (nSPS) is 14.5. The van der Waals surface area contributed by atoms with E-state index in [1.54, 1.807) is 34.3 Å². The van der Waals surface area contributed by atoms with Gasteiger partial charge in [0.25, 0.3) is 5.91 Å². The van der Waals surface area contributed by atoms with Crippen LogP contribution in [0.3, 0.4) is 0 Å². The first-order valence-electron chi connectivity index (χ1n) is 8.43. The van der Waals surface area contributed by atoms with E-state index in [0.29, 0.717) is 55.4 Å². The van der Waals surface area contributed by atoms with Crippen LogP contribution in [0.15, 0.2) is 34.9 Å². The van der Waals surface area contributed by atoms with E-state index in [-0.39, 0.29) is 11.9 Å². The van der Waals surface area contributed by atoms with Gasteiger partial charge in [0.1, 0.15) is 5.69 Å². The Morgan fingerprint density at radius 1 is 1.16 bits per heavy atom. The number of pyridine rings is 1. The van der Waals surface area contributed by atoms with Gasteiger partial charge in [0, 0.05) is 32.7 Å². The monoisotopic (exact) mass is 342 g/mol.